The summed E-state index contributed by atoms with van der Waals surface area (Å²) in [5, 5.41) is 9.36. The second-order valence-electron chi connectivity index (χ2n) is 6.96. The summed E-state index contributed by atoms with van der Waals surface area (Å²) in [5.41, 5.74) is 2.14. The maximum Gasteiger partial charge on any atom is 0.247 e. The highest BCUT2D eigenvalue weighted by Crippen LogP contribution is 2.34. The van der Waals surface area contributed by atoms with Crippen molar-refractivity contribution in [2.45, 2.75) is 12.5 Å². The van der Waals surface area contributed by atoms with E-state index in [1.54, 1.807) is 7.11 Å². The van der Waals surface area contributed by atoms with Crippen LogP contribution in [0.3, 0.4) is 0 Å². The minimum Gasteiger partial charge on any atom is -0.420 e. The molecule has 1 aliphatic rings. The predicted molar refractivity (Wildman–Crippen MR) is 105 cm³/mol. The average molecular weight is 384 g/mol. The van der Waals surface area contributed by atoms with Gasteiger partial charge in [-0.3, -0.25) is 4.90 Å². The quantitative estimate of drug-likeness (QED) is 0.636. The van der Waals surface area contributed by atoms with Crippen LogP contribution in [0, 0.1) is 5.92 Å². The van der Waals surface area contributed by atoms with Crippen molar-refractivity contribution in [3.63, 3.8) is 0 Å². The Morgan fingerprint density at radius 3 is 2.74 bits per heavy atom. The lowest BCUT2D eigenvalue weighted by atomic mass is 9.97. The van der Waals surface area contributed by atoms with Gasteiger partial charge in [-0.05, 0) is 29.8 Å². The summed E-state index contributed by atoms with van der Waals surface area (Å²) < 4.78 is 11.5. The molecular formula is C21H22ClN3O2. The summed E-state index contributed by atoms with van der Waals surface area (Å²) >= 11 is 6.12. The fourth-order valence-corrected chi connectivity index (χ4v) is 3.94. The SMILES string of the molecule is COC[C@@H]1CN(Cc2cccc(Cl)c2)C[C@H]1c1nnc(-c2ccccc2)o1. The van der Waals surface area contributed by atoms with E-state index < -0.39 is 0 Å². The first-order chi connectivity index (χ1) is 13.2. The average Bonchev–Trinajstić information content (AvgIpc) is 3.30. The zero-order valence-electron chi connectivity index (χ0n) is 15.2. The van der Waals surface area contributed by atoms with Gasteiger partial charge in [0.15, 0.2) is 0 Å². The smallest absolute Gasteiger partial charge is 0.247 e. The molecule has 27 heavy (non-hydrogen) atoms. The normalized spacial score (nSPS) is 20.2. The van der Waals surface area contributed by atoms with E-state index in [4.69, 9.17) is 20.8 Å². The summed E-state index contributed by atoms with van der Waals surface area (Å²) in [6.07, 6.45) is 0. The molecule has 5 nitrogen and oxygen atoms in total. The van der Waals surface area contributed by atoms with Crippen molar-refractivity contribution in [3.05, 3.63) is 71.1 Å². The van der Waals surface area contributed by atoms with Crippen LogP contribution in [-0.2, 0) is 11.3 Å². The van der Waals surface area contributed by atoms with Crippen molar-refractivity contribution in [1.82, 2.24) is 15.1 Å². The van der Waals surface area contributed by atoms with Crippen LogP contribution in [-0.4, -0.2) is 41.9 Å². The lowest BCUT2D eigenvalue weighted by Gasteiger charge is -2.15. The molecule has 0 unspecified atom stereocenters. The molecule has 0 amide bonds. The topological polar surface area (TPSA) is 51.4 Å². The monoisotopic (exact) mass is 383 g/mol. The van der Waals surface area contributed by atoms with Gasteiger partial charge < -0.3 is 9.15 Å². The van der Waals surface area contributed by atoms with Crippen LogP contribution in [0.4, 0.5) is 0 Å². The first-order valence-electron chi connectivity index (χ1n) is 9.07. The highest BCUT2D eigenvalue weighted by atomic mass is 35.5. The Bertz CT molecular complexity index is 884. The number of nitrogens with zero attached hydrogens (tertiary/aromatic N) is 3. The minimum atomic E-state index is 0.161. The highest BCUT2D eigenvalue weighted by Gasteiger charge is 2.37. The molecular weight excluding hydrogens is 362 g/mol. The zero-order valence-corrected chi connectivity index (χ0v) is 16.0. The van der Waals surface area contributed by atoms with E-state index in [1.807, 2.05) is 48.5 Å². The second-order valence-corrected chi connectivity index (χ2v) is 7.39. The number of likely N-dealkylation sites (tertiary alicyclic amines) is 1. The Balaban J connectivity index is 1.51. The summed E-state index contributed by atoms with van der Waals surface area (Å²) in [4.78, 5) is 2.40. The fraction of sp³-hybridized carbons (Fsp3) is 0.333. The number of rotatable bonds is 6. The van der Waals surface area contributed by atoms with E-state index in [1.165, 1.54) is 5.56 Å². The molecule has 1 saturated heterocycles. The second kappa shape index (κ2) is 8.21. The molecule has 0 radical (unpaired) electrons. The first-order valence-corrected chi connectivity index (χ1v) is 9.45. The lowest BCUT2D eigenvalue weighted by Crippen LogP contribution is -2.21. The number of hydrogen-bond donors (Lipinski definition) is 0. The van der Waals surface area contributed by atoms with Gasteiger partial charge in [-0.25, -0.2) is 0 Å². The Morgan fingerprint density at radius 1 is 1.11 bits per heavy atom. The molecule has 6 heteroatoms. The van der Waals surface area contributed by atoms with Crippen LogP contribution in [0.1, 0.15) is 17.4 Å². The summed E-state index contributed by atoms with van der Waals surface area (Å²) in [6, 6.07) is 17.9. The largest absolute Gasteiger partial charge is 0.420 e. The fourth-order valence-electron chi connectivity index (χ4n) is 3.73. The Hall–Kier alpha value is -2.21. The van der Waals surface area contributed by atoms with Crippen molar-refractivity contribution in [2.24, 2.45) is 5.92 Å². The van der Waals surface area contributed by atoms with Gasteiger partial charge in [0.25, 0.3) is 0 Å². The standard InChI is InChI=1S/C21H22ClN3O2/c1-26-14-17-12-25(11-15-6-5-9-18(22)10-15)13-19(17)21-24-23-20(27-21)16-7-3-2-4-8-16/h2-10,17,19H,11-14H2,1H3/t17-,19+/m0/s1. The van der Waals surface area contributed by atoms with E-state index in [-0.39, 0.29) is 5.92 Å². The van der Waals surface area contributed by atoms with E-state index >= 15 is 0 Å². The molecule has 1 aromatic heterocycles. The maximum atomic E-state index is 6.12. The summed E-state index contributed by atoms with van der Waals surface area (Å²) in [5.74, 6) is 1.73. The number of ether oxygens (including phenoxy) is 1. The molecule has 2 aromatic carbocycles. The summed E-state index contributed by atoms with van der Waals surface area (Å²) in [7, 11) is 1.74. The van der Waals surface area contributed by atoms with Gasteiger partial charge in [0, 0.05) is 43.2 Å². The van der Waals surface area contributed by atoms with Crippen LogP contribution in [0.2, 0.25) is 5.02 Å². The van der Waals surface area contributed by atoms with Crippen molar-refractivity contribution >= 4 is 11.6 Å². The van der Waals surface area contributed by atoms with E-state index in [2.05, 4.69) is 21.2 Å². The Morgan fingerprint density at radius 2 is 1.96 bits per heavy atom. The molecule has 0 spiro atoms. The van der Waals surface area contributed by atoms with Crippen molar-refractivity contribution in [2.75, 3.05) is 26.8 Å². The molecule has 1 fully saturated rings. The van der Waals surface area contributed by atoms with E-state index in [0.29, 0.717) is 24.3 Å². The van der Waals surface area contributed by atoms with Gasteiger partial charge in [0.05, 0.1) is 12.5 Å². The third-order valence-electron chi connectivity index (χ3n) is 4.97. The highest BCUT2D eigenvalue weighted by molar-refractivity contribution is 6.30. The van der Waals surface area contributed by atoms with Gasteiger partial charge >= 0.3 is 0 Å². The van der Waals surface area contributed by atoms with Crippen LogP contribution >= 0.6 is 11.6 Å². The summed E-state index contributed by atoms with van der Waals surface area (Å²) in [6.45, 7) is 3.29. The molecule has 140 valence electrons. The molecule has 4 rings (SSSR count). The number of aromatic nitrogens is 2. The first kappa shape index (κ1) is 18.2. The molecule has 0 aliphatic carbocycles. The molecule has 3 aromatic rings. The van der Waals surface area contributed by atoms with Crippen LogP contribution in [0.15, 0.2) is 59.0 Å². The van der Waals surface area contributed by atoms with Gasteiger partial charge in [-0.1, -0.05) is 41.9 Å². The Labute approximate surface area is 163 Å². The number of benzene rings is 2. The molecule has 0 saturated carbocycles. The zero-order chi connectivity index (χ0) is 18.6. The maximum absolute atomic E-state index is 6.12. The molecule has 2 atom stereocenters. The minimum absolute atomic E-state index is 0.161. The molecule has 2 heterocycles. The number of halogens is 1. The van der Waals surface area contributed by atoms with Gasteiger partial charge in [-0.2, -0.15) is 0 Å². The van der Waals surface area contributed by atoms with Gasteiger partial charge in [0.2, 0.25) is 11.8 Å². The van der Waals surface area contributed by atoms with Crippen molar-refractivity contribution in [1.29, 1.82) is 0 Å². The van der Waals surface area contributed by atoms with Gasteiger partial charge in [0.1, 0.15) is 0 Å². The van der Waals surface area contributed by atoms with Crippen molar-refractivity contribution < 1.29 is 9.15 Å². The molecule has 0 N–H and O–H groups in total. The lowest BCUT2D eigenvalue weighted by molar-refractivity contribution is 0.144. The van der Waals surface area contributed by atoms with Gasteiger partial charge in [-0.15, -0.1) is 10.2 Å². The Kier molecular flexibility index (Phi) is 5.53. The van der Waals surface area contributed by atoms with E-state index in [0.717, 1.165) is 30.2 Å². The predicted octanol–water partition coefficient (Wildman–Crippen LogP) is 4.25. The van der Waals surface area contributed by atoms with Crippen LogP contribution < -0.4 is 0 Å². The molecule has 0 bridgehead atoms. The third-order valence-corrected chi connectivity index (χ3v) is 5.21. The number of methoxy groups -OCH3 is 1. The van der Waals surface area contributed by atoms with Crippen LogP contribution in [0.25, 0.3) is 11.5 Å². The number of hydrogen-bond acceptors (Lipinski definition) is 5. The van der Waals surface area contributed by atoms with Crippen LogP contribution in [0.5, 0.6) is 0 Å². The molecule has 1 aliphatic heterocycles. The van der Waals surface area contributed by atoms with E-state index in [9.17, 15) is 0 Å². The third kappa shape index (κ3) is 4.21. The van der Waals surface area contributed by atoms with Crippen molar-refractivity contribution in [3.8, 4) is 11.5 Å².